The normalized spacial score (nSPS) is 10.5. The maximum atomic E-state index is 12.2. The van der Waals surface area contributed by atoms with Crippen LogP contribution < -0.4 is 10.6 Å². The van der Waals surface area contributed by atoms with Gasteiger partial charge >= 0.3 is 0 Å². The van der Waals surface area contributed by atoms with E-state index in [1.807, 2.05) is 32.0 Å². The minimum Gasteiger partial charge on any atom is -0.360 e. The van der Waals surface area contributed by atoms with Gasteiger partial charge in [-0.1, -0.05) is 17.3 Å². The molecule has 122 valence electrons. The topological polar surface area (TPSA) is 92.9 Å². The molecule has 0 aliphatic rings. The molecule has 24 heavy (non-hydrogen) atoms. The van der Waals surface area contributed by atoms with E-state index in [0.29, 0.717) is 17.4 Å². The Hall–Kier alpha value is -3.22. The van der Waals surface area contributed by atoms with Crippen molar-refractivity contribution in [1.29, 1.82) is 0 Å². The highest BCUT2D eigenvalue weighted by atomic mass is 16.5. The molecule has 7 nitrogen and oxygen atoms in total. The summed E-state index contributed by atoms with van der Waals surface area (Å²) in [7, 11) is 0. The molecule has 0 spiro atoms. The molecule has 2 heterocycles. The lowest BCUT2D eigenvalue weighted by Crippen LogP contribution is -2.14. The summed E-state index contributed by atoms with van der Waals surface area (Å²) in [6.07, 6.45) is 1.34. The van der Waals surface area contributed by atoms with Gasteiger partial charge in [0.2, 0.25) is 0 Å². The maximum Gasteiger partial charge on any atom is 0.275 e. The molecule has 0 aliphatic heterocycles. The highest BCUT2D eigenvalue weighted by molar-refractivity contribution is 6.02. The van der Waals surface area contributed by atoms with E-state index in [-0.39, 0.29) is 11.6 Å². The molecule has 1 amide bonds. The van der Waals surface area contributed by atoms with Crippen LogP contribution in [0.5, 0.6) is 0 Å². The maximum absolute atomic E-state index is 12.2. The van der Waals surface area contributed by atoms with E-state index in [1.54, 1.807) is 19.1 Å². The number of carbonyl (C=O) groups excluding carboxylic acids is 1. The SMILES string of the molecule is Cc1cc(NC(=O)c2cc(Nc3cccc(C)c3C)ncn2)no1. The lowest BCUT2D eigenvalue weighted by atomic mass is 10.1. The third-order valence-electron chi connectivity index (χ3n) is 3.64. The van der Waals surface area contributed by atoms with Crippen molar-refractivity contribution in [2.24, 2.45) is 0 Å². The van der Waals surface area contributed by atoms with Crippen LogP contribution in [-0.4, -0.2) is 21.0 Å². The van der Waals surface area contributed by atoms with Gasteiger partial charge in [-0.15, -0.1) is 0 Å². The largest absolute Gasteiger partial charge is 0.360 e. The number of aryl methyl sites for hydroxylation is 2. The highest BCUT2D eigenvalue weighted by Gasteiger charge is 2.12. The van der Waals surface area contributed by atoms with Gasteiger partial charge in [-0.3, -0.25) is 4.79 Å². The van der Waals surface area contributed by atoms with Crippen molar-refractivity contribution in [1.82, 2.24) is 15.1 Å². The molecule has 1 aromatic carbocycles. The van der Waals surface area contributed by atoms with E-state index < -0.39 is 0 Å². The number of rotatable bonds is 4. The quantitative estimate of drug-likeness (QED) is 0.764. The Labute approximate surface area is 139 Å². The average Bonchev–Trinajstić information content (AvgIpc) is 2.97. The van der Waals surface area contributed by atoms with Crippen molar-refractivity contribution < 1.29 is 9.32 Å². The van der Waals surface area contributed by atoms with Crippen molar-refractivity contribution in [2.45, 2.75) is 20.8 Å². The fraction of sp³-hybridized carbons (Fsp3) is 0.176. The predicted octanol–water partition coefficient (Wildman–Crippen LogP) is 3.39. The fourth-order valence-electron chi connectivity index (χ4n) is 2.18. The zero-order chi connectivity index (χ0) is 17.1. The summed E-state index contributed by atoms with van der Waals surface area (Å²) in [5.41, 5.74) is 3.47. The molecule has 3 aromatic rings. The second kappa shape index (κ2) is 6.49. The van der Waals surface area contributed by atoms with Gasteiger partial charge in [-0.2, -0.15) is 0 Å². The molecule has 0 aliphatic carbocycles. The molecule has 0 saturated heterocycles. The first-order valence-corrected chi connectivity index (χ1v) is 7.43. The summed E-state index contributed by atoms with van der Waals surface area (Å²) in [6.45, 7) is 5.82. The minimum atomic E-state index is -0.380. The number of hydrogen-bond acceptors (Lipinski definition) is 6. The molecule has 0 unspecified atom stereocenters. The number of hydrogen-bond donors (Lipinski definition) is 2. The van der Waals surface area contributed by atoms with E-state index in [4.69, 9.17) is 4.52 Å². The number of benzene rings is 1. The summed E-state index contributed by atoms with van der Waals surface area (Å²) in [6, 6.07) is 9.19. The molecule has 0 bridgehead atoms. The summed E-state index contributed by atoms with van der Waals surface area (Å²) in [5, 5.41) is 9.57. The van der Waals surface area contributed by atoms with Crippen LogP contribution in [0.2, 0.25) is 0 Å². The molecule has 0 atom stereocenters. The van der Waals surface area contributed by atoms with Gasteiger partial charge in [0.15, 0.2) is 5.82 Å². The molecule has 0 saturated carbocycles. The first-order chi connectivity index (χ1) is 11.5. The molecule has 0 radical (unpaired) electrons. The Kier molecular flexibility index (Phi) is 4.24. The number of aromatic nitrogens is 3. The van der Waals surface area contributed by atoms with Crippen LogP contribution in [0, 0.1) is 20.8 Å². The number of carbonyl (C=O) groups is 1. The van der Waals surface area contributed by atoms with Crippen LogP contribution in [0.25, 0.3) is 0 Å². The van der Waals surface area contributed by atoms with Gasteiger partial charge in [-0.05, 0) is 38.0 Å². The van der Waals surface area contributed by atoms with Gasteiger partial charge in [0.25, 0.3) is 5.91 Å². The zero-order valence-electron chi connectivity index (χ0n) is 13.6. The highest BCUT2D eigenvalue weighted by Crippen LogP contribution is 2.21. The van der Waals surface area contributed by atoms with Crippen molar-refractivity contribution in [3.63, 3.8) is 0 Å². The van der Waals surface area contributed by atoms with E-state index in [2.05, 4.69) is 25.8 Å². The third kappa shape index (κ3) is 3.40. The van der Waals surface area contributed by atoms with Crippen LogP contribution in [-0.2, 0) is 0 Å². The van der Waals surface area contributed by atoms with Crippen LogP contribution >= 0.6 is 0 Å². The first-order valence-electron chi connectivity index (χ1n) is 7.43. The Bertz CT molecular complexity index is 888. The number of amides is 1. The number of nitrogens with zero attached hydrogens (tertiary/aromatic N) is 3. The summed E-state index contributed by atoms with van der Waals surface area (Å²) >= 11 is 0. The van der Waals surface area contributed by atoms with Crippen molar-refractivity contribution in [2.75, 3.05) is 10.6 Å². The summed E-state index contributed by atoms with van der Waals surface area (Å²) < 4.78 is 4.92. The predicted molar refractivity (Wildman–Crippen MR) is 90.4 cm³/mol. The standard InChI is InChI=1S/C17H17N5O2/c1-10-5-4-6-13(12(10)3)20-15-8-14(18-9-19-15)17(23)21-16-7-11(2)24-22-16/h4-9H,1-3H3,(H,18,19,20)(H,21,22,23). The van der Waals surface area contributed by atoms with E-state index in [0.717, 1.165) is 11.3 Å². The van der Waals surface area contributed by atoms with E-state index in [1.165, 1.54) is 11.9 Å². The average molecular weight is 323 g/mol. The monoisotopic (exact) mass is 323 g/mol. The van der Waals surface area contributed by atoms with Crippen molar-refractivity contribution in [3.8, 4) is 0 Å². The number of anilines is 3. The van der Waals surface area contributed by atoms with Crippen LogP contribution in [0.3, 0.4) is 0 Å². The van der Waals surface area contributed by atoms with Gasteiger partial charge in [0, 0.05) is 17.8 Å². The molecule has 3 rings (SSSR count). The molecule has 7 heteroatoms. The van der Waals surface area contributed by atoms with Gasteiger partial charge in [0.1, 0.15) is 23.6 Å². The Balaban J connectivity index is 1.78. The molecule has 2 aromatic heterocycles. The van der Waals surface area contributed by atoms with Gasteiger partial charge in [-0.25, -0.2) is 9.97 Å². The molecular formula is C17H17N5O2. The lowest BCUT2D eigenvalue weighted by molar-refractivity contribution is 0.102. The van der Waals surface area contributed by atoms with Crippen LogP contribution in [0.15, 0.2) is 41.2 Å². The van der Waals surface area contributed by atoms with Crippen LogP contribution in [0.4, 0.5) is 17.3 Å². The second-order valence-corrected chi connectivity index (χ2v) is 5.44. The van der Waals surface area contributed by atoms with Gasteiger partial charge < -0.3 is 15.2 Å². The number of nitrogens with one attached hydrogen (secondary N) is 2. The van der Waals surface area contributed by atoms with E-state index in [9.17, 15) is 4.79 Å². The third-order valence-corrected chi connectivity index (χ3v) is 3.64. The smallest absolute Gasteiger partial charge is 0.275 e. The Morgan fingerprint density at radius 1 is 1.08 bits per heavy atom. The summed E-state index contributed by atoms with van der Waals surface area (Å²) in [4.78, 5) is 20.4. The lowest BCUT2D eigenvalue weighted by Gasteiger charge is -2.11. The molecule has 2 N–H and O–H groups in total. The molecular weight excluding hydrogens is 306 g/mol. The second-order valence-electron chi connectivity index (χ2n) is 5.44. The zero-order valence-corrected chi connectivity index (χ0v) is 13.6. The Morgan fingerprint density at radius 2 is 1.92 bits per heavy atom. The van der Waals surface area contributed by atoms with Gasteiger partial charge in [0.05, 0.1) is 0 Å². The minimum absolute atomic E-state index is 0.235. The van der Waals surface area contributed by atoms with Crippen LogP contribution in [0.1, 0.15) is 27.4 Å². The van der Waals surface area contributed by atoms with Crippen molar-refractivity contribution >= 4 is 23.2 Å². The van der Waals surface area contributed by atoms with E-state index >= 15 is 0 Å². The summed E-state index contributed by atoms with van der Waals surface area (Å²) in [5.74, 6) is 1.13. The first kappa shape index (κ1) is 15.7. The van der Waals surface area contributed by atoms with Crippen molar-refractivity contribution in [3.05, 3.63) is 59.2 Å². The fourth-order valence-corrected chi connectivity index (χ4v) is 2.18. The Morgan fingerprint density at radius 3 is 2.67 bits per heavy atom. The molecule has 0 fully saturated rings.